The standard InChI is InChI=1S/C22H28N2O5S/c1-29-18-11-13-19(14-12-18)30(27,28)16-24(15-17-7-3-2-4-8-17)21-10-6-5-9-20(21)22(25)23-26/h2-4,7-8,11-14,20-21,26H,5-6,9-10,15-16H2,1H3,(H,23,25). The largest absolute Gasteiger partial charge is 0.497 e. The zero-order valence-corrected chi connectivity index (χ0v) is 17.8. The van der Waals surface area contributed by atoms with Crippen LogP contribution in [0.1, 0.15) is 31.2 Å². The van der Waals surface area contributed by atoms with E-state index in [1.807, 2.05) is 35.2 Å². The summed E-state index contributed by atoms with van der Waals surface area (Å²) in [5.41, 5.74) is 2.73. The average Bonchev–Trinajstić information content (AvgIpc) is 2.78. The van der Waals surface area contributed by atoms with E-state index in [4.69, 9.17) is 4.74 Å². The summed E-state index contributed by atoms with van der Waals surface area (Å²) in [5.74, 6) is -0.547. The topological polar surface area (TPSA) is 95.9 Å². The van der Waals surface area contributed by atoms with Crippen molar-refractivity contribution in [3.63, 3.8) is 0 Å². The molecular weight excluding hydrogens is 404 g/mol. The number of benzene rings is 2. The van der Waals surface area contributed by atoms with Gasteiger partial charge in [0.25, 0.3) is 0 Å². The van der Waals surface area contributed by atoms with E-state index in [2.05, 4.69) is 0 Å². The van der Waals surface area contributed by atoms with Crippen LogP contribution < -0.4 is 10.2 Å². The Morgan fingerprint density at radius 3 is 2.40 bits per heavy atom. The molecule has 7 nitrogen and oxygen atoms in total. The number of carbonyl (C=O) groups excluding carboxylic acids is 1. The SMILES string of the molecule is COc1ccc(S(=O)(=O)CN(Cc2ccccc2)C2CCCCC2C(=O)NO)cc1. The van der Waals surface area contributed by atoms with Crippen molar-refractivity contribution in [3.8, 4) is 5.75 Å². The van der Waals surface area contributed by atoms with E-state index >= 15 is 0 Å². The number of nitrogens with one attached hydrogen (secondary N) is 1. The number of hydrogen-bond donors (Lipinski definition) is 2. The third-order valence-corrected chi connectivity index (χ3v) is 7.29. The van der Waals surface area contributed by atoms with Crippen molar-refractivity contribution in [2.45, 2.75) is 43.2 Å². The molecule has 1 aliphatic carbocycles. The maximum absolute atomic E-state index is 13.2. The molecule has 1 aliphatic rings. The van der Waals surface area contributed by atoms with E-state index in [0.29, 0.717) is 25.1 Å². The first-order valence-corrected chi connectivity index (χ1v) is 11.7. The maximum Gasteiger partial charge on any atom is 0.248 e. The minimum absolute atomic E-state index is 0.209. The Hall–Kier alpha value is -2.42. The van der Waals surface area contributed by atoms with Crippen molar-refractivity contribution >= 4 is 15.7 Å². The summed E-state index contributed by atoms with van der Waals surface area (Å²) >= 11 is 0. The molecule has 162 valence electrons. The summed E-state index contributed by atoms with van der Waals surface area (Å²) in [7, 11) is -2.11. The molecule has 2 atom stereocenters. The fourth-order valence-electron chi connectivity index (χ4n) is 4.09. The van der Waals surface area contributed by atoms with Crippen molar-refractivity contribution in [3.05, 3.63) is 60.2 Å². The lowest BCUT2D eigenvalue weighted by molar-refractivity contribution is -0.137. The second-order valence-corrected chi connectivity index (χ2v) is 9.55. The van der Waals surface area contributed by atoms with Gasteiger partial charge in [-0.25, -0.2) is 13.9 Å². The number of carbonyl (C=O) groups is 1. The normalized spacial score (nSPS) is 19.4. The second kappa shape index (κ2) is 10.1. The minimum Gasteiger partial charge on any atom is -0.497 e. The molecule has 0 heterocycles. The Morgan fingerprint density at radius 1 is 1.10 bits per heavy atom. The minimum atomic E-state index is -3.63. The molecule has 0 radical (unpaired) electrons. The van der Waals surface area contributed by atoms with Crippen LogP contribution >= 0.6 is 0 Å². The number of sulfone groups is 1. The van der Waals surface area contributed by atoms with E-state index in [1.165, 1.54) is 19.2 Å². The number of nitrogens with zero attached hydrogens (tertiary/aromatic N) is 1. The van der Waals surface area contributed by atoms with Gasteiger partial charge in [-0.2, -0.15) is 0 Å². The first-order chi connectivity index (χ1) is 14.4. The highest BCUT2D eigenvalue weighted by Crippen LogP contribution is 2.31. The molecule has 2 aromatic carbocycles. The van der Waals surface area contributed by atoms with Gasteiger partial charge in [0.05, 0.1) is 17.9 Å². The van der Waals surface area contributed by atoms with Crippen LogP contribution in [0.25, 0.3) is 0 Å². The predicted octanol–water partition coefficient (Wildman–Crippen LogP) is 2.99. The number of amides is 1. The molecule has 0 spiro atoms. The Bertz CT molecular complexity index is 932. The highest BCUT2D eigenvalue weighted by molar-refractivity contribution is 7.91. The molecule has 0 saturated heterocycles. The molecule has 2 aromatic rings. The molecule has 0 bridgehead atoms. The molecule has 2 unspecified atom stereocenters. The second-order valence-electron chi connectivity index (χ2n) is 7.59. The van der Waals surface area contributed by atoms with Gasteiger partial charge in [-0.1, -0.05) is 43.2 Å². The number of hydroxylamine groups is 1. The first kappa shape index (κ1) is 22.3. The Balaban J connectivity index is 1.90. The van der Waals surface area contributed by atoms with Gasteiger partial charge in [0.2, 0.25) is 5.91 Å². The molecule has 1 amide bonds. The van der Waals surface area contributed by atoms with Crippen LogP contribution in [0.4, 0.5) is 0 Å². The molecule has 0 aromatic heterocycles. The third kappa shape index (κ3) is 5.38. The molecule has 1 fully saturated rings. The fraction of sp³-hybridized carbons (Fsp3) is 0.409. The lowest BCUT2D eigenvalue weighted by atomic mass is 9.83. The average molecular weight is 433 g/mol. The lowest BCUT2D eigenvalue weighted by Crippen LogP contribution is -2.49. The molecule has 8 heteroatoms. The molecule has 1 saturated carbocycles. The quantitative estimate of drug-likeness (QED) is 0.492. The molecule has 2 N–H and O–H groups in total. The van der Waals surface area contributed by atoms with E-state index in [-0.39, 0.29) is 16.8 Å². The van der Waals surface area contributed by atoms with Crippen LogP contribution in [0.3, 0.4) is 0 Å². The Labute approximate surface area is 177 Å². The Kier molecular flexibility index (Phi) is 7.47. The summed E-state index contributed by atoms with van der Waals surface area (Å²) in [5, 5.41) is 9.19. The molecule has 3 rings (SSSR count). The maximum atomic E-state index is 13.2. The van der Waals surface area contributed by atoms with Gasteiger partial charge in [0.1, 0.15) is 11.6 Å². The summed E-state index contributed by atoms with van der Waals surface area (Å²) in [6.45, 7) is 0.399. The van der Waals surface area contributed by atoms with Gasteiger partial charge in [0, 0.05) is 12.6 Å². The van der Waals surface area contributed by atoms with Crippen LogP contribution in [0.5, 0.6) is 5.75 Å². The van der Waals surface area contributed by atoms with Gasteiger partial charge in [-0.3, -0.25) is 14.9 Å². The lowest BCUT2D eigenvalue weighted by Gasteiger charge is -2.38. The monoisotopic (exact) mass is 432 g/mol. The number of ether oxygens (including phenoxy) is 1. The number of hydrogen-bond acceptors (Lipinski definition) is 6. The van der Waals surface area contributed by atoms with Gasteiger partial charge in [-0.05, 0) is 42.7 Å². The highest BCUT2D eigenvalue weighted by Gasteiger charge is 2.36. The van der Waals surface area contributed by atoms with Crippen LogP contribution in [-0.4, -0.2) is 43.5 Å². The molecule has 30 heavy (non-hydrogen) atoms. The van der Waals surface area contributed by atoms with Gasteiger partial charge < -0.3 is 4.74 Å². The van der Waals surface area contributed by atoms with Crippen molar-refractivity contribution in [2.75, 3.05) is 13.0 Å². The highest BCUT2D eigenvalue weighted by atomic mass is 32.2. The van der Waals surface area contributed by atoms with Crippen LogP contribution in [-0.2, 0) is 21.2 Å². The summed E-state index contributed by atoms with van der Waals surface area (Å²) < 4.78 is 31.5. The van der Waals surface area contributed by atoms with Crippen LogP contribution in [0, 0.1) is 5.92 Å². The summed E-state index contributed by atoms with van der Waals surface area (Å²) in [4.78, 5) is 14.4. The zero-order valence-electron chi connectivity index (χ0n) is 17.0. The smallest absolute Gasteiger partial charge is 0.248 e. The summed E-state index contributed by atoms with van der Waals surface area (Å²) in [6, 6.07) is 15.6. The van der Waals surface area contributed by atoms with Crippen LogP contribution in [0.15, 0.2) is 59.5 Å². The first-order valence-electron chi connectivity index (χ1n) is 10.0. The van der Waals surface area contributed by atoms with Gasteiger partial charge >= 0.3 is 0 Å². The predicted molar refractivity (Wildman–Crippen MR) is 113 cm³/mol. The molecule has 0 aliphatic heterocycles. The van der Waals surface area contributed by atoms with Crippen molar-refractivity contribution in [1.29, 1.82) is 0 Å². The van der Waals surface area contributed by atoms with Crippen molar-refractivity contribution < 1.29 is 23.2 Å². The Morgan fingerprint density at radius 2 is 1.77 bits per heavy atom. The van der Waals surface area contributed by atoms with E-state index in [0.717, 1.165) is 18.4 Å². The third-order valence-electron chi connectivity index (χ3n) is 5.63. The van der Waals surface area contributed by atoms with E-state index in [9.17, 15) is 18.4 Å². The van der Waals surface area contributed by atoms with Gasteiger partial charge in [0.15, 0.2) is 9.84 Å². The van der Waals surface area contributed by atoms with E-state index in [1.54, 1.807) is 17.6 Å². The van der Waals surface area contributed by atoms with Crippen molar-refractivity contribution in [2.24, 2.45) is 5.92 Å². The fourth-order valence-corrected chi connectivity index (χ4v) is 5.51. The summed E-state index contributed by atoms with van der Waals surface area (Å²) in [6.07, 6.45) is 3.10. The molecular formula is C22H28N2O5S. The number of methoxy groups -OCH3 is 1. The number of rotatable bonds is 8. The zero-order chi connectivity index (χ0) is 21.6. The van der Waals surface area contributed by atoms with Gasteiger partial charge in [-0.15, -0.1) is 0 Å². The van der Waals surface area contributed by atoms with Crippen LogP contribution in [0.2, 0.25) is 0 Å². The van der Waals surface area contributed by atoms with Crippen molar-refractivity contribution in [1.82, 2.24) is 10.4 Å². The van der Waals surface area contributed by atoms with E-state index < -0.39 is 21.7 Å².